The van der Waals surface area contributed by atoms with Gasteiger partial charge in [0.05, 0.1) is 11.4 Å². The Bertz CT molecular complexity index is 743. The van der Waals surface area contributed by atoms with Crippen molar-refractivity contribution in [2.75, 3.05) is 5.32 Å². The minimum atomic E-state index is -0.0316. The normalized spacial score (nSPS) is 13.9. The number of thioether (sulfide) groups is 1. The summed E-state index contributed by atoms with van der Waals surface area (Å²) in [6.07, 6.45) is 0.494. The Morgan fingerprint density at radius 1 is 1.35 bits per heavy atom. The first kappa shape index (κ1) is 16.1. The van der Waals surface area contributed by atoms with E-state index in [2.05, 4.69) is 45.1 Å². The molecule has 0 saturated carbocycles. The molecule has 0 spiro atoms. The molecular weight excluding hydrogens is 306 g/mol. The Kier molecular flexibility index (Phi) is 4.23. The Labute approximate surface area is 141 Å². The molecule has 0 atom stereocenters. The fraction of sp³-hybridized carbons (Fsp3) is 0.444. The molecule has 1 N–H and O–H groups in total. The molecule has 1 amide bonds. The summed E-state index contributed by atoms with van der Waals surface area (Å²) in [4.78, 5) is 12.4. The Morgan fingerprint density at radius 2 is 2.13 bits per heavy atom. The maximum atomic E-state index is 12.4. The average Bonchev–Trinajstić information content (AvgIpc) is 2.99. The van der Waals surface area contributed by atoms with Crippen molar-refractivity contribution in [3.8, 4) is 5.69 Å². The van der Waals surface area contributed by atoms with Crippen molar-refractivity contribution in [3.63, 3.8) is 0 Å². The first-order chi connectivity index (χ1) is 10.8. The largest absolute Gasteiger partial charge is 0.310 e. The van der Waals surface area contributed by atoms with E-state index in [1.54, 1.807) is 0 Å². The topological polar surface area (TPSA) is 46.9 Å². The summed E-state index contributed by atoms with van der Waals surface area (Å²) in [5, 5.41) is 7.85. The van der Waals surface area contributed by atoms with E-state index in [9.17, 15) is 4.79 Å². The number of hydrogen-bond acceptors (Lipinski definition) is 3. The van der Waals surface area contributed by atoms with Crippen molar-refractivity contribution in [2.24, 2.45) is 5.41 Å². The van der Waals surface area contributed by atoms with E-state index in [-0.39, 0.29) is 11.3 Å². The summed E-state index contributed by atoms with van der Waals surface area (Å²) in [6.45, 7) is 8.29. The number of benzene rings is 1. The van der Waals surface area contributed by atoms with Gasteiger partial charge in [-0.05, 0) is 30.0 Å². The van der Waals surface area contributed by atoms with Gasteiger partial charge in [-0.2, -0.15) is 16.9 Å². The zero-order chi connectivity index (χ0) is 16.6. The van der Waals surface area contributed by atoms with Crippen molar-refractivity contribution < 1.29 is 4.79 Å². The van der Waals surface area contributed by atoms with Crippen molar-refractivity contribution in [1.29, 1.82) is 0 Å². The van der Waals surface area contributed by atoms with Crippen LogP contribution < -0.4 is 5.32 Å². The molecule has 3 rings (SSSR count). The van der Waals surface area contributed by atoms with E-state index in [1.165, 1.54) is 11.1 Å². The van der Waals surface area contributed by atoms with Gasteiger partial charge in [-0.1, -0.05) is 32.9 Å². The van der Waals surface area contributed by atoms with Gasteiger partial charge in [-0.15, -0.1) is 0 Å². The van der Waals surface area contributed by atoms with Crippen LogP contribution in [0.4, 0.5) is 5.82 Å². The molecule has 2 heterocycles. The van der Waals surface area contributed by atoms with Crippen LogP contribution in [0.3, 0.4) is 0 Å². The number of fused-ring (bicyclic) bond motifs is 1. The lowest BCUT2D eigenvalue weighted by Crippen LogP contribution is -2.21. The third-order valence-electron chi connectivity index (χ3n) is 3.75. The van der Waals surface area contributed by atoms with Gasteiger partial charge < -0.3 is 5.32 Å². The number of carbonyl (C=O) groups is 1. The molecule has 1 aliphatic rings. The predicted molar refractivity (Wildman–Crippen MR) is 96.0 cm³/mol. The van der Waals surface area contributed by atoms with Crippen LogP contribution in [0.25, 0.3) is 5.69 Å². The maximum absolute atomic E-state index is 12.4. The summed E-state index contributed by atoms with van der Waals surface area (Å²) in [5.41, 5.74) is 4.40. The Morgan fingerprint density at radius 3 is 2.83 bits per heavy atom. The number of anilines is 1. The standard InChI is InChI=1S/C18H23N3OS/c1-12-6-5-7-13(8-12)21-17(14-10-23-11-15(14)20-21)19-16(22)9-18(2,3)4/h5-8H,9-11H2,1-4H3,(H,19,22). The van der Waals surface area contributed by atoms with Crippen LogP contribution in [-0.4, -0.2) is 15.7 Å². The number of rotatable bonds is 3. The fourth-order valence-electron chi connectivity index (χ4n) is 2.75. The maximum Gasteiger partial charge on any atom is 0.226 e. The minimum absolute atomic E-state index is 0.0316. The van der Waals surface area contributed by atoms with Gasteiger partial charge in [-0.25, -0.2) is 4.68 Å². The van der Waals surface area contributed by atoms with Crippen LogP contribution in [0, 0.1) is 12.3 Å². The molecule has 0 fully saturated rings. The van der Waals surface area contributed by atoms with E-state index in [0.717, 1.165) is 28.7 Å². The van der Waals surface area contributed by atoms with Gasteiger partial charge in [0.2, 0.25) is 5.91 Å². The summed E-state index contributed by atoms with van der Waals surface area (Å²) in [6, 6.07) is 8.21. The Balaban J connectivity index is 1.97. The second-order valence-electron chi connectivity index (χ2n) is 7.30. The predicted octanol–water partition coefficient (Wildman–Crippen LogP) is 4.30. The summed E-state index contributed by atoms with van der Waals surface area (Å²) in [5.74, 6) is 2.71. The van der Waals surface area contributed by atoms with Crippen molar-refractivity contribution in [3.05, 3.63) is 41.1 Å². The van der Waals surface area contributed by atoms with Crippen LogP contribution in [-0.2, 0) is 16.3 Å². The molecule has 122 valence electrons. The van der Waals surface area contributed by atoms with Crippen LogP contribution in [0.5, 0.6) is 0 Å². The zero-order valence-corrected chi connectivity index (χ0v) is 15.0. The molecule has 0 bridgehead atoms. The zero-order valence-electron chi connectivity index (χ0n) is 14.1. The highest BCUT2D eigenvalue weighted by Crippen LogP contribution is 2.36. The lowest BCUT2D eigenvalue weighted by Gasteiger charge is -2.18. The van der Waals surface area contributed by atoms with Crippen LogP contribution in [0.15, 0.2) is 24.3 Å². The SMILES string of the molecule is Cc1cccc(-n2nc3c(c2NC(=O)CC(C)(C)C)CSC3)c1. The molecule has 0 saturated heterocycles. The second kappa shape index (κ2) is 6.04. The van der Waals surface area contributed by atoms with Gasteiger partial charge in [0.15, 0.2) is 0 Å². The third kappa shape index (κ3) is 3.61. The molecular formula is C18H23N3OS. The summed E-state index contributed by atoms with van der Waals surface area (Å²) >= 11 is 1.84. The smallest absolute Gasteiger partial charge is 0.226 e. The third-order valence-corrected chi connectivity index (χ3v) is 4.72. The number of hydrogen-bond donors (Lipinski definition) is 1. The van der Waals surface area contributed by atoms with Crippen LogP contribution >= 0.6 is 11.8 Å². The minimum Gasteiger partial charge on any atom is -0.310 e. The molecule has 1 aromatic carbocycles. The van der Waals surface area contributed by atoms with Gasteiger partial charge in [0, 0.05) is 23.5 Å². The molecule has 0 radical (unpaired) electrons. The number of aryl methyl sites for hydroxylation is 1. The van der Waals surface area contributed by atoms with E-state index in [4.69, 9.17) is 5.10 Å². The van der Waals surface area contributed by atoms with Crippen LogP contribution in [0.1, 0.15) is 44.0 Å². The number of nitrogens with one attached hydrogen (secondary N) is 1. The number of amides is 1. The highest BCUT2D eigenvalue weighted by Gasteiger charge is 2.26. The van der Waals surface area contributed by atoms with Crippen molar-refractivity contribution >= 4 is 23.5 Å². The highest BCUT2D eigenvalue weighted by atomic mass is 32.2. The van der Waals surface area contributed by atoms with Gasteiger partial charge in [-0.3, -0.25) is 4.79 Å². The van der Waals surface area contributed by atoms with Gasteiger partial charge >= 0.3 is 0 Å². The molecule has 0 aliphatic carbocycles. The number of carbonyl (C=O) groups excluding carboxylic acids is 1. The fourth-order valence-corrected chi connectivity index (χ4v) is 3.78. The highest BCUT2D eigenvalue weighted by molar-refractivity contribution is 7.98. The van der Waals surface area contributed by atoms with Crippen LogP contribution in [0.2, 0.25) is 0 Å². The number of aromatic nitrogens is 2. The van der Waals surface area contributed by atoms with E-state index >= 15 is 0 Å². The van der Waals surface area contributed by atoms with Crippen molar-refractivity contribution in [1.82, 2.24) is 9.78 Å². The molecule has 1 aliphatic heterocycles. The number of nitrogens with zero attached hydrogens (tertiary/aromatic N) is 2. The second-order valence-corrected chi connectivity index (χ2v) is 8.29. The molecule has 1 aromatic heterocycles. The average molecular weight is 329 g/mol. The molecule has 0 unspecified atom stereocenters. The molecule has 4 nitrogen and oxygen atoms in total. The Hall–Kier alpha value is -1.75. The lowest BCUT2D eigenvalue weighted by molar-refractivity contribution is -0.117. The van der Waals surface area contributed by atoms with Crippen molar-refractivity contribution in [2.45, 2.75) is 45.6 Å². The first-order valence-electron chi connectivity index (χ1n) is 7.89. The van der Waals surface area contributed by atoms with E-state index < -0.39 is 0 Å². The van der Waals surface area contributed by atoms with Gasteiger partial charge in [0.1, 0.15) is 5.82 Å². The first-order valence-corrected chi connectivity index (χ1v) is 9.04. The molecule has 23 heavy (non-hydrogen) atoms. The van der Waals surface area contributed by atoms with E-state index in [1.807, 2.05) is 28.6 Å². The lowest BCUT2D eigenvalue weighted by atomic mass is 9.92. The van der Waals surface area contributed by atoms with E-state index in [0.29, 0.717) is 6.42 Å². The quantitative estimate of drug-likeness (QED) is 0.913. The summed E-state index contributed by atoms with van der Waals surface area (Å²) < 4.78 is 1.89. The molecule has 2 aromatic rings. The monoisotopic (exact) mass is 329 g/mol. The molecule has 5 heteroatoms. The van der Waals surface area contributed by atoms with Gasteiger partial charge in [0.25, 0.3) is 0 Å². The summed E-state index contributed by atoms with van der Waals surface area (Å²) in [7, 11) is 0.